The monoisotopic (exact) mass is 285 g/mol. The van der Waals surface area contributed by atoms with Gasteiger partial charge in [-0.25, -0.2) is 0 Å². The molecule has 2 aliphatic heterocycles. The zero-order valence-corrected chi connectivity index (χ0v) is 12.9. The van der Waals surface area contributed by atoms with E-state index in [2.05, 4.69) is 30.0 Å². The summed E-state index contributed by atoms with van der Waals surface area (Å²) < 4.78 is 5.38. The molecule has 0 bridgehead atoms. The number of carbonyl (C=O) groups is 1. The summed E-state index contributed by atoms with van der Waals surface area (Å²) in [7, 11) is 1.73. The van der Waals surface area contributed by atoms with E-state index in [0.717, 1.165) is 38.0 Å². The van der Waals surface area contributed by atoms with E-state index in [9.17, 15) is 4.79 Å². The van der Waals surface area contributed by atoms with Crippen molar-refractivity contribution in [3.63, 3.8) is 0 Å². The summed E-state index contributed by atoms with van der Waals surface area (Å²) in [5.74, 6) is 1.96. The normalized spacial score (nSPS) is 34.2. The van der Waals surface area contributed by atoms with Crippen molar-refractivity contribution in [2.75, 3.05) is 13.7 Å². The Morgan fingerprint density at radius 1 is 1.29 bits per heavy atom. The van der Waals surface area contributed by atoms with Crippen LogP contribution in [0.15, 0.2) is 18.2 Å². The Hall–Kier alpha value is -1.51. The molecule has 0 N–H and O–H groups in total. The number of amides is 1. The Morgan fingerprint density at radius 2 is 2.14 bits per heavy atom. The van der Waals surface area contributed by atoms with Gasteiger partial charge in [-0.1, -0.05) is 13.0 Å². The number of hydrogen-bond donors (Lipinski definition) is 0. The van der Waals surface area contributed by atoms with Gasteiger partial charge in [0.1, 0.15) is 5.75 Å². The quantitative estimate of drug-likeness (QED) is 0.794. The number of piperidine rings is 1. The fraction of sp³-hybridized carbons (Fsp3) is 0.611. The molecule has 3 nitrogen and oxygen atoms in total. The van der Waals surface area contributed by atoms with Crippen molar-refractivity contribution in [3.05, 3.63) is 29.3 Å². The lowest BCUT2D eigenvalue weighted by Crippen LogP contribution is -2.55. The van der Waals surface area contributed by atoms with E-state index in [1.165, 1.54) is 17.5 Å². The third-order valence-corrected chi connectivity index (χ3v) is 6.18. The van der Waals surface area contributed by atoms with Crippen LogP contribution >= 0.6 is 0 Å². The molecule has 21 heavy (non-hydrogen) atoms. The van der Waals surface area contributed by atoms with Crippen LogP contribution in [0, 0.1) is 5.92 Å². The second kappa shape index (κ2) is 4.49. The number of aryl methyl sites for hydroxylation is 1. The molecule has 4 rings (SSSR count). The van der Waals surface area contributed by atoms with E-state index in [1.54, 1.807) is 7.11 Å². The van der Waals surface area contributed by atoms with Crippen LogP contribution in [-0.4, -0.2) is 30.5 Å². The SMILES string of the molecule is COc1ccc2c(c1)CC[C@H]1[C@@H]3CCC(=O)N3CC[C@]21C. The van der Waals surface area contributed by atoms with Crippen LogP contribution in [0.4, 0.5) is 0 Å². The lowest BCUT2D eigenvalue weighted by atomic mass is 9.58. The van der Waals surface area contributed by atoms with E-state index < -0.39 is 0 Å². The summed E-state index contributed by atoms with van der Waals surface area (Å²) in [5, 5.41) is 0. The predicted molar refractivity (Wildman–Crippen MR) is 81.5 cm³/mol. The van der Waals surface area contributed by atoms with Crippen LogP contribution in [-0.2, 0) is 16.6 Å². The largest absolute Gasteiger partial charge is 0.497 e. The molecule has 0 radical (unpaired) electrons. The molecule has 0 aromatic heterocycles. The maximum atomic E-state index is 12.0. The highest BCUT2D eigenvalue weighted by Crippen LogP contribution is 2.51. The second-order valence-electron chi connectivity index (χ2n) is 7.03. The van der Waals surface area contributed by atoms with Crippen LogP contribution in [0.25, 0.3) is 0 Å². The third kappa shape index (κ3) is 1.76. The number of fused-ring (bicyclic) bond motifs is 5. The summed E-state index contributed by atoms with van der Waals surface area (Å²) in [6.07, 6.45) is 5.23. The van der Waals surface area contributed by atoms with Gasteiger partial charge in [-0.05, 0) is 60.3 Å². The standard InChI is InChI=1S/C18H23NO2/c1-18-9-10-19-16(7-8-17(19)20)15(18)5-3-12-11-13(21-2)4-6-14(12)18/h4,6,11,15-16H,3,5,7-10H2,1-2H3/t15-,16-,18+/m0/s1. The predicted octanol–water partition coefficient (Wildman–Crippen LogP) is 2.91. The summed E-state index contributed by atoms with van der Waals surface area (Å²) in [4.78, 5) is 14.2. The maximum absolute atomic E-state index is 12.0. The summed E-state index contributed by atoms with van der Waals surface area (Å²) in [6, 6.07) is 7.06. The first-order valence-electron chi connectivity index (χ1n) is 8.10. The lowest BCUT2D eigenvalue weighted by Gasteiger charge is -2.52. The summed E-state index contributed by atoms with van der Waals surface area (Å²) in [6.45, 7) is 3.35. The molecule has 1 aromatic rings. The molecule has 1 aromatic carbocycles. The van der Waals surface area contributed by atoms with Gasteiger partial charge in [0.05, 0.1) is 7.11 Å². The summed E-state index contributed by atoms with van der Waals surface area (Å²) >= 11 is 0. The van der Waals surface area contributed by atoms with Crippen molar-refractivity contribution < 1.29 is 9.53 Å². The Morgan fingerprint density at radius 3 is 2.95 bits per heavy atom. The average molecular weight is 285 g/mol. The van der Waals surface area contributed by atoms with Gasteiger partial charge in [-0.2, -0.15) is 0 Å². The lowest BCUT2D eigenvalue weighted by molar-refractivity contribution is -0.132. The zero-order chi connectivity index (χ0) is 14.6. The van der Waals surface area contributed by atoms with Gasteiger partial charge in [-0.15, -0.1) is 0 Å². The molecule has 3 atom stereocenters. The van der Waals surface area contributed by atoms with Crippen LogP contribution < -0.4 is 4.74 Å². The van der Waals surface area contributed by atoms with E-state index >= 15 is 0 Å². The molecule has 0 spiro atoms. The number of ether oxygens (including phenoxy) is 1. The molecule has 112 valence electrons. The van der Waals surface area contributed by atoms with Crippen molar-refractivity contribution in [1.29, 1.82) is 0 Å². The zero-order valence-electron chi connectivity index (χ0n) is 12.9. The van der Waals surface area contributed by atoms with Crippen molar-refractivity contribution in [1.82, 2.24) is 4.90 Å². The van der Waals surface area contributed by atoms with Gasteiger partial charge >= 0.3 is 0 Å². The number of benzene rings is 1. The summed E-state index contributed by atoms with van der Waals surface area (Å²) in [5.41, 5.74) is 3.18. The molecule has 1 amide bonds. The number of rotatable bonds is 1. The van der Waals surface area contributed by atoms with Gasteiger partial charge in [0.25, 0.3) is 0 Å². The molecule has 0 saturated carbocycles. The van der Waals surface area contributed by atoms with Crippen molar-refractivity contribution in [2.45, 2.75) is 50.5 Å². The van der Waals surface area contributed by atoms with Gasteiger partial charge < -0.3 is 9.64 Å². The number of hydrogen-bond acceptors (Lipinski definition) is 2. The second-order valence-corrected chi connectivity index (χ2v) is 7.03. The highest BCUT2D eigenvalue weighted by molar-refractivity contribution is 5.79. The highest BCUT2D eigenvalue weighted by Gasteiger charge is 2.51. The van der Waals surface area contributed by atoms with E-state index in [1.807, 2.05) is 0 Å². The maximum Gasteiger partial charge on any atom is 0.222 e. The molecular weight excluding hydrogens is 262 g/mol. The Bertz CT molecular complexity index is 597. The minimum absolute atomic E-state index is 0.228. The van der Waals surface area contributed by atoms with Gasteiger partial charge in [0, 0.05) is 19.0 Å². The fourth-order valence-electron chi connectivity index (χ4n) is 5.04. The molecular formula is C18H23NO2. The molecule has 0 unspecified atom stereocenters. The van der Waals surface area contributed by atoms with E-state index in [-0.39, 0.29) is 5.41 Å². The van der Waals surface area contributed by atoms with Gasteiger partial charge in [0.15, 0.2) is 0 Å². The van der Waals surface area contributed by atoms with Crippen molar-refractivity contribution in [3.8, 4) is 5.75 Å². The minimum atomic E-state index is 0.228. The number of nitrogens with zero attached hydrogens (tertiary/aromatic N) is 1. The van der Waals surface area contributed by atoms with Gasteiger partial charge in [0.2, 0.25) is 5.91 Å². The van der Waals surface area contributed by atoms with E-state index in [4.69, 9.17) is 4.74 Å². The number of methoxy groups -OCH3 is 1. The van der Waals surface area contributed by atoms with Gasteiger partial charge in [-0.3, -0.25) is 4.79 Å². The Kier molecular flexibility index (Phi) is 2.82. The van der Waals surface area contributed by atoms with Crippen molar-refractivity contribution in [2.24, 2.45) is 5.92 Å². The molecule has 3 aliphatic rings. The first-order valence-corrected chi connectivity index (χ1v) is 8.10. The average Bonchev–Trinajstić information content (AvgIpc) is 2.87. The molecule has 3 heteroatoms. The van der Waals surface area contributed by atoms with E-state index in [0.29, 0.717) is 17.9 Å². The molecule has 2 fully saturated rings. The van der Waals surface area contributed by atoms with Crippen LogP contribution in [0.2, 0.25) is 0 Å². The molecule has 2 saturated heterocycles. The first kappa shape index (κ1) is 13.2. The van der Waals surface area contributed by atoms with Crippen LogP contribution in [0.3, 0.4) is 0 Å². The molecule has 1 aliphatic carbocycles. The smallest absolute Gasteiger partial charge is 0.222 e. The minimum Gasteiger partial charge on any atom is -0.497 e. The van der Waals surface area contributed by atoms with Crippen LogP contribution in [0.5, 0.6) is 5.75 Å². The fourth-order valence-corrected chi connectivity index (χ4v) is 5.04. The van der Waals surface area contributed by atoms with Crippen molar-refractivity contribution >= 4 is 5.91 Å². The highest BCUT2D eigenvalue weighted by atomic mass is 16.5. The Labute approximate surface area is 126 Å². The van der Waals surface area contributed by atoms with Crippen LogP contribution in [0.1, 0.15) is 43.7 Å². The topological polar surface area (TPSA) is 29.5 Å². The third-order valence-electron chi connectivity index (χ3n) is 6.18. The molecule has 2 heterocycles. The Balaban J connectivity index is 1.75. The number of carbonyl (C=O) groups excluding carboxylic acids is 1. The first-order chi connectivity index (χ1) is 10.1.